The lowest BCUT2D eigenvalue weighted by Gasteiger charge is -2.43. The van der Waals surface area contributed by atoms with Gasteiger partial charge in [0.25, 0.3) is 0 Å². The van der Waals surface area contributed by atoms with Crippen LogP contribution in [0.25, 0.3) is 0 Å². The van der Waals surface area contributed by atoms with Gasteiger partial charge in [0.15, 0.2) is 6.04 Å². The molecule has 0 aromatic carbocycles. The summed E-state index contributed by atoms with van der Waals surface area (Å²) in [6.07, 6.45) is -3.90. The fourth-order valence-corrected chi connectivity index (χ4v) is 2.84. The Bertz CT molecular complexity index is 326. The van der Waals surface area contributed by atoms with Crippen LogP contribution in [0.15, 0.2) is 0 Å². The second kappa shape index (κ2) is 4.48. The molecular weight excluding hydrogens is 280 g/mol. The molecule has 2 aliphatic rings. The average Bonchev–Trinajstić information content (AvgIpc) is 2.18. The number of nitrogens with one attached hydrogen (secondary N) is 2. The fraction of sp³-hybridized carbons (Fsp3) is 0.889. The number of rotatable bonds is 0. The van der Waals surface area contributed by atoms with E-state index < -0.39 is 24.2 Å². The molecule has 1 amide bonds. The van der Waals surface area contributed by atoms with Crippen molar-refractivity contribution in [3.05, 3.63) is 0 Å². The van der Waals surface area contributed by atoms with Crippen LogP contribution in [0.4, 0.5) is 13.2 Å². The standard InChI is InChI=1S/C9H11Cl2F3N2O/c10-3-1-5-6(2-4(3)11)16-8(17)7(15-5)9(12,13)14/h3-7,15H,1-2H2,(H,16,17). The molecule has 0 bridgehead atoms. The highest BCUT2D eigenvalue weighted by atomic mass is 35.5. The van der Waals surface area contributed by atoms with Gasteiger partial charge in [-0.1, -0.05) is 0 Å². The van der Waals surface area contributed by atoms with Crippen molar-refractivity contribution in [3.63, 3.8) is 0 Å². The molecule has 0 spiro atoms. The van der Waals surface area contributed by atoms with Crippen molar-refractivity contribution in [2.45, 2.75) is 47.9 Å². The van der Waals surface area contributed by atoms with Gasteiger partial charge in [-0.3, -0.25) is 10.1 Å². The molecule has 1 heterocycles. The second-order valence-electron chi connectivity index (χ2n) is 4.37. The molecule has 1 aliphatic heterocycles. The summed E-state index contributed by atoms with van der Waals surface area (Å²) < 4.78 is 37.6. The molecule has 17 heavy (non-hydrogen) atoms. The first-order chi connectivity index (χ1) is 7.79. The summed E-state index contributed by atoms with van der Waals surface area (Å²) in [6.45, 7) is 0. The van der Waals surface area contributed by atoms with Crippen molar-refractivity contribution in [3.8, 4) is 0 Å². The maximum absolute atomic E-state index is 12.5. The van der Waals surface area contributed by atoms with Crippen LogP contribution in [0.3, 0.4) is 0 Å². The number of alkyl halides is 5. The molecule has 1 saturated heterocycles. The van der Waals surface area contributed by atoms with E-state index in [1.165, 1.54) is 0 Å². The van der Waals surface area contributed by atoms with E-state index in [0.29, 0.717) is 12.8 Å². The molecular formula is C9H11Cl2F3N2O. The van der Waals surface area contributed by atoms with Gasteiger partial charge in [-0.2, -0.15) is 13.2 Å². The third-order valence-corrected chi connectivity index (χ3v) is 4.23. The van der Waals surface area contributed by atoms with E-state index in [4.69, 9.17) is 23.2 Å². The predicted molar refractivity (Wildman–Crippen MR) is 57.2 cm³/mol. The van der Waals surface area contributed by atoms with Gasteiger partial charge in [-0.25, -0.2) is 0 Å². The summed E-state index contributed by atoms with van der Waals surface area (Å²) >= 11 is 11.8. The molecule has 2 N–H and O–H groups in total. The molecule has 8 heteroatoms. The largest absolute Gasteiger partial charge is 0.412 e. The van der Waals surface area contributed by atoms with Gasteiger partial charge in [0.05, 0.1) is 10.8 Å². The number of halogens is 5. The average molecular weight is 291 g/mol. The molecule has 3 nitrogen and oxygen atoms in total. The van der Waals surface area contributed by atoms with Crippen molar-refractivity contribution < 1.29 is 18.0 Å². The third-order valence-electron chi connectivity index (χ3n) is 3.13. The molecule has 0 aromatic heterocycles. The van der Waals surface area contributed by atoms with Crippen molar-refractivity contribution in [1.82, 2.24) is 10.6 Å². The zero-order chi connectivity index (χ0) is 12.8. The molecule has 2 fully saturated rings. The summed E-state index contributed by atoms with van der Waals surface area (Å²) in [4.78, 5) is 11.3. The van der Waals surface area contributed by atoms with E-state index in [1.807, 2.05) is 0 Å². The number of amides is 1. The van der Waals surface area contributed by atoms with Gasteiger partial charge in [0.1, 0.15) is 0 Å². The summed E-state index contributed by atoms with van der Waals surface area (Å²) in [7, 11) is 0. The Morgan fingerprint density at radius 1 is 1.12 bits per heavy atom. The van der Waals surface area contributed by atoms with E-state index in [9.17, 15) is 18.0 Å². The van der Waals surface area contributed by atoms with E-state index in [1.54, 1.807) is 0 Å². The molecule has 0 aromatic rings. The minimum atomic E-state index is -4.59. The molecule has 0 radical (unpaired) electrons. The Labute approximate surface area is 106 Å². The van der Waals surface area contributed by atoms with E-state index in [-0.39, 0.29) is 16.8 Å². The topological polar surface area (TPSA) is 41.1 Å². The van der Waals surface area contributed by atoms with E-state index in [0.717, 1.165) is 0 Å². The van der Waals surface area contributed by atoms with Crippen LogP contribution in [0, 0.1) is 0 Å². The first-order valence-electron chi connectivity index (χ1n) is 5.20. The lowest BCUT2D eigenvalue weighted by molar-refractivity contribution is -0.175. The van der Waals surface area contributed by atoms with E-state index >= 15 is 0 Å². The maximum Gasteiger partial charge on any atom is 0.412 e. The Kier molecular flexibility index (Phi) is 3.49. The zero-order valence-corrected chi connectivity index (χ0v) is 10.1. The van der Waals surface area contributed by atoms with Crippen molar-refractivity contribution in [2.75, 3.05) is 0 Å². The quantitative estimate of drug-likeness (QED) is 0.662. The van der Waals surface area contributed by atoms with Crippen LogP contribution >= 0.6 is 23.2 Å². The van der Waals surface area contributed by atoms with Crippen molar-refractivity contribution >= 4 is 29.1 Å². The summed E-state index contributed by atoms with van der Waals surface area (Å²) in [5, 5.41) is 3.97. The van der Waals surface area contributed by atoms with Gasteiger partial charge >= 0.3 is 6.18 Å². The normalized spacial score (nSPS) is 42.9. The van der Waals surface area contributed by atoms with Crippen LogP contribution in [0.2, 0.25) is 0 Å². The first kappa shape index (κ1) is 13.2. The van der Waals surface area contributed by atoms with Gasteiger partial charge in [0.2, 0.25) is 5.91 Å². The number of piperazine rings is 1. The first-order valence-corrected chi connectivity index (χ1v) is 6.07. The number of fused-ring (bicyclic) bond motifs is 1. The molecule has 1 aliphatic carbocycles. The smallest absolute Gasteiger partial charge is 0.350 e. The number of carbonyl (C=O) groups is 1. The lowest BCUT2D eigenvalue weighted by Crippen LogP contribution is -2.70. The number of carbonyl (C=O) groups excluding carboxylic acids is 1. The van der Waals surface area contributed by atoms with Gasteiger partial charge in [-0.05, 0) is 12.8 Å². The highest BCUT2D eigenvalue weighted by Crippen LogP contribution is 2.32. The van der Waals surface area contributed by atoms with Crippen LogP contribution in [-0.4, -0.2) is 41.0 Å². The minimum Gasteiger partial charge on any atom is -0.350 e. The fourth-order valence-electron chi connectivity index (χ4n) is 2.25. The zero-order valence-electron chi connectivity index (χ0n) is 8.60. The highest BCUT2D eigenvalue weighted by molar-refractivity contribution is 6.30. The van der Waals surface area contributed by atoms with Gasteiger partial charge in [0, 0.05) is 12.1 Å². The molecule has 5 unspecified atom stereocenters. The lowest BCUT2D eigenvalue weighted by atomic mass is 9.87. The summed E-state index contributed by atoms with van der Waals surface area (Å²) in [6, 6.07) is -3.00. The van der Waals surface area contributed by atoms with Crippen molar-refractivity contribution in [2.24, 2.45) is 0 Å². The Morgan fingerprint density at radius 3 is 2.18 bits per heavy atom. The van der Waals surface area contributed by atoms with Crippen LogP contribution in [0.5, 0.6) is 0 Å². The summed E-state index contributed by atoms with van der Waals surface area (Å²) in [5.74, 6) is -1.05. The molecule has 5 atom stereocenters. The second-order valence-corrected chi connectivity index (χ2v) is 5.49. The van der Waals surface area contributed by atoms with Gasteiger partial charge < -0.3 is 5.32 Å². The minimum absolute atomic E-state index is 0.313. The summed E-state index contributed by atoms with van der Waals surface area (Å²) in [5.41, 5.74) is 0. The number of hydrogen-bond acceptors (Lipinski definition) is 2. The molecule has 2 rings (SSSR count). The third kappa shape index (κ3) is 2.63. The Morgan fingerprint density at radius 2 is 1.65 bits per heavy atom. The van der Waals surface area contributed by atoms with Crippen LogP contribution < -0.4 is 10.6 Å². The SMILES string of the molecule is O=C1NC2CC(Cl)C(Cl)CC2NC1C(F)(F)F. The highest BCUT2D eigenvalue weighted by Gasteiger charge is 2.51. The maximum atomic E-state index is 12.5. The number of hydrogen-bond donors (Lipinski definition) is 2. The van der Waals surface area contributed by atoms with Crippen LogP contribution in [-0.2, 0) is 4.79 Å². The molecule has 1 saturated carbocycles. The Hall–Kier alpha value is -0.200. The van der Waals surface area contributed by atoms with Crippen LogP contribution in [0.1, 0.15) is 12.8 Å². The predicted octanol–water partition coefficient (Wildman–Crippen LogP) is 1.38. The van der Waals surface area contributed by atoms with Gasteiger partial charge in [-0.15, -0.1) is 23.2 Å². The Balaban J connectivity index is 2.10. The molecule has 98 valence electrons. The van der Waals surface area contributed by atoms with E-state index in [2.05, 4.69) is 10.6 Å². The van der Waals surface area contributed by atoms with Crippen molar-refractivity contribution in [1.29, 1.82) is 0 Å². The monoisotopic (exact) mass is 290 g/mol.